The molecule has 1 heterocycles. The van der Waals surface area contributed by atoms with Gasteiger partial charge in [-0.05, 0) is 29.8 Å². The number of halogens is 2. The Morgan fingerprint density at radius 1 is 1.29 bits per heavy atom. The number of anilines is 1. The van der Waals surface area contributed by atoms with Crippen molar-refractivity contribution >= 4 is 33.3 Å². The molecule has 0 atom stereocenters. The minimum Gasteiger partial charge on any atom is -0.478 e. The molecule has 0 fully saturated rings. The standard InChI is InChI=1S/C11H7ClFN3O4S/c12-11-14-4-7(5-15-11)21(19,20)16-9-3-6(10(17)18)1-2-8(9)13/h1-5,16H,(H,17,18). The molecule has 10 heteroatoms. The Morgan fingerprint density at radius 2 is 1.90 bits per heavy atom. The fourth-order valence-corrected chi connectivity index (χ4v) is 2.42. The number of carboxylic acids is 1. The molecular formula is C11H7ClFN3O4S. The van der Waals surface area contributed by atoms with Crippen molar-refractivity contribution in [2.24, 2.45) is 0 Å². The number of benzene rings is 1. The monoisotopic (exact) mass is 331 g/mol. The third kappa shape index (κ3) is 3.44. The van der Waals surface area contributed by atoms with E-state index in [2.05, 4.69) is 9.97 Å². The van der Waals surface area contributed by atoms with Gasteiger partial charge in [0.25, 0.3) is 10.0 Å². The van der Waals surface area contributed by atoms with Gasteiger partial charge in [0.05, 0.1) is 23.6 Å². The zero-order valence-corrected chi connectivity index (χ0v) is 11.7. The summed E-state index contributed by atoms with van der Waals surface area (Å²) in [6.07, 6.45) is 1.88. The summed E-state index contributed by atoms with van der Waals surface area (Å²) in [5, 5.41) is 8.67. The number of aromatic carboxylic acids is 1. The number of sulfonamides is 1. The van der Waals surface area contributed by atoms with Crippen molar-refractivity contribution in [3.63, 3.8) is 0 Å². The molecule has 0 aliphatic rings. The topological polar surface area (TPSA) is 109 Å². The van der Waals surface area contributed by atoms with Crippen LogP contribution < -0.4 is 4.72 Å². The van der Waals surface area contributed by atoms with Crippen molar-refractivity contribution in [2.75, 3.05) is 4.72 Å². The Balaban J connectivity index is 2.38. The number of nitrogens with one attached hydrogen (secondary N) is 1. The first-order chi connectivity index (χ1) is 9.79. The predicted molar refractivity (Wildman–Crippen MR) is 71.2 cm³/mol. The van der Waals surface area contributed by atoms with Gasteiger partial charge in [-0.1, -0.05) is 0 Å². The molecule has 0 radical (unpaired) electrons. The van der Waals surface area contributed by atoms with Gasteiger partial charge in [0, 0.05) is 0 Å². The van der Waals surface area contributed by atoms with Crippen molar-refractivity contribution in [3.05, 3.63) is 47.3 Å². The molecule has 0 unspecified atom stereocenters. The summed E-state index contributed by atoms with van der Waals surface area (Å²) < 4.78 is 39.5. The SMILES string of the molecule is O=C(O)c1ccc(F)c(NS(=O)(=O)c2cnc(Cl)nc2)c1. The molecule has 0 saturated carbocycles. The summed E-state index contributed by atoms with van der Waals surface area (Å²) in [7, 11) is -4.16. The van der Waals surface area contributed by atoms with Gasteiger partial charge < -0.3 is 5.11 Å². The number of hydrogen-bond acceptors (Lipinski definition) is 5. The maximum atomic E-state index is 13.6. The smallest absolute Gasteiger partial charge is 0.335 e. The van der Waals surface area contributed by atoms with E-state index in [0.29, 0.717) is 0 Å². The molecule has 7 nitrogen and oxygen atoms in total. The number of rotatable bonds is 4. The number of hydrogen-bond donors (Lipinski definition) is 2. The summed E-state index contributed by atoms with van der Waals surface area (Å²) >= 11 is 5.44. The first-order valence-electron chi connectivity index (χ1n) is 5.33. The van der Waals surface area contributed by atoms with E-state index in [0.717, 1.165) is 30.6 Å². The number of carboxylic acid groups (broad SMARTS) is 1. The summed E-state index contributed by atoms with van der Waals surface area (Å²) in [6, 6.07) is 2.73. The van der Waals surface area contributed by atoms with Crippen molar-refractivity contribution in [2.45, 2.75) is 4.90 Å². The van der Waals surface area contributed by atoms with Gasteiger partial charge in [0.1, 0.15) is 10.7 Å². The van der Waals surface area contributed by atoms with Crippen LogP contribution in [0, 0.1) is 5.82 Å². The quantitative estimate of drug-likeness (QED) is 0.826. The average Bonchev–Trinajstić information content (AvgIpc) is 2.41. The molecule has 0 aliphatic heterocycles. The van der Waals surface area contributed by atoms with Crippen molar-refractivity contribution < 1.29 is 22.7 Å². The molecule has 1 aromatic heterocycles. The molecule has 0 aliphatic carbocycles. The maximum Gasteiger partial charge on any atom is 0.335 e. The Hall–Kier alpha value is -2.26. The Bertz CT molecular complexity index is 796. The van der Waals surface area contributed by atoms with Crippen LogP contribution in [0.25, 0.3) is 0 Å². The van der Waals surface area contributed by atoms with Crippen LogP contribution in [-0.2, 0) is 10.0 Å². The van der Waals surface area contributed by atoms with E-state index < -0.39 is 27.5 Å². The zero-order valence-electron chi connectivity index (χ0n) is 10.1. The molecule has 0 spiro atoms. The first kappa shape index (κ1) is 15.1. The van der Waals surface area contributed by atoms with Crippen LogP contribution in [0.1, 0.15) is 10.4 Å². The largest absolute Gasteiger partial charge is 0.478 e. The van der Waals surface area contributed by atoms with Gasteiger partial charge in [-0.2, -0.15) is 0 Å². The lowest BCUT2D eigenvalue weighted by atomic mass is 10.2. The van der Waals surface area contributed by atoms with Gasteiger partial charge in [-0.25, -0.2) is 27.6 Å². The van der Waals surface area contributed by atoms with E-state index in [-0.39, 0.29) is 15.7 Å². The summed E-state index contributed by atoms with van der Waals surface area (Å²) in [5.41, 5.74) is -0.758. The Labute approximate surface area is 123 Å². The molecule has 2 N–H and O–H groups in total. The Kier molecular flexibility index (Phi) is 4.05. The minimum absolute atomic E-state index is 0.145. The molecule has 1 aromatic carbocycles. The van der Waals surface area contributed by atoms with E-state index in [1.807, 2.05) is 4.72 Å². The van der Waals surface area contributed by atoms with Crippen LogP contribution in [0.5, 0.6) is 0 Å². The van der Waals surface area contributed by atoms with Crippen LogP contribution in [0.2, 0.25) is 5.28 Å². The third-order valence-corrected chi connectivity index (χ3v) is 3.88. The van der Waals surface area contributed by atoms with Gasteiger partial charge >= 0.3 is 5.97 Å². The van der Waals surface area contributed by atoms with Gasteiger partial charge in [0.15, 0.2) is 0 Å². The third-order valence-electron chi connectivity index (χ3n) is 2.36. The van der Waals surface area contributed by atoms with Crippen LogP contribution in [0.3, 0.4) is 0 Å². The molecule has 2 rings (SSSR count). The summed E-state index contributed by atoms with van der Waals surface area (Å²) in [5.74, 6) is -2.23. The first-order valence-corrected chi connectivity index (χ1v) is 7.19. The van der Waals surface area contributed by atoms with Crippen LogP contribution in [-0.4, -0.2) is 29.5 Å². The van der Waals surface area contributed by atoms with Crippen molar-refractivity contribution in [3.8, 4) is 0 Å². The second-order valence-corrected chi connectivity index (χ2v) is 5.81. The molecule has 0 amide bonds. The fraction of sp³-hybridized carbons (Fsp3) is 0. The zero-order chi connectivity index (χ0) is 15.6. The average molecular weight is 332 g/mol. The lowest BCUT2D eigenvalue weighted by Gasteiger charge is -2.09. The van der Waals surface area contributed by atoms with E-state index in [4.69, 9.17) is 16.7 Å². The normalized spacial score (nSPS) is 11.1. The molecular weight excluding hydrogens is 325 g/mol. The second-order valence-electron chi connectivity index (χ2n) is 3.79. The second kappa shape index (κ2) is 5.62. The van der Waals surface area contributed by atoms with Gasteiger partial charge in [-0.15, -0.1) is 0 Å². The number of aromatic nitrogens is 2. The molecule has 110 valence electrons. The predicted octanol–water partition coefficient (Wildman–Crippen LogP) is 1.77. The highest BCUT2D eigenvalue weighted by Gasteiger charge is 2.18. The van der Waals surface area contributed by atoms with Crippen LogP contribution in [0.4, 0.5) is 10.1 Å². The Morgan fingerprint density at radius 3 is 2.48 bits per heavy atom. The van der Waals surface area contributed by atoms with E-state index in [9.17, 15) is 17.6 Å². The van der Waals surface area contributed by atoms with Crippen LogP contribution >= 0.6 is 11.6 Å². The van der Waals surface area contributed by atoms with E-state index >= 15 is 0 Å². The highest BCUT2D eigenvalue weighted by atomic mass is 35.5. The molecule has 2 aromatic rings. The number of carbonyl (C=O) groups is 1. The minimum atomic E-state index is -4.16. The lowest BCUT2D eigenvalue weighted by molar-refractivity contribution is 0.0697. The summed E-state index contributed by atoms with van der Waals surface area (Å²) in [6.45, 7) is 0. The fourth-order valence-electron chi connectivity index (χ4n) is 1.38. The van der Waals surface area contributed by atoms with Gasteiger partial charge in [0.2, 0.25) is 5.28 Å². The molecule has 0 bridgehead atoms. The van der Waals surface area contributed by atoms with E-state index in [1.54, 1.807) is 0 Å². The highest BCUT2D eigenvalue weighted by molar-refractivity contribution is 7.92. The van der Waals surface area contributed by atoms with Gasteiger partial charge in [-0.3, -0.25) is 4.72 Å². The van der Waals surface area contributed by atoms with Crippen molar-refractivity contribution in [1.82, 2.24) is 9.97 Å². The lowest BCUT2D eigenvalue weighted by Crippen LogP contribution is -2.15. The highest BCUT2D eigenvalue weighted by Crippen LogP contribution is 2.20. The van der Waals surface area contributed by atoms with E-state index in [1.165, 1.54) is 0 Å². The number of nitrogens with zero attached hydrogens (tertiary/aromatic N) is 2. The molecule has 21 heavy (non-hydrogen) atoms. The summed E-state index contributed by atoms with van der Waals surface area (Å²) in [4.78, 5) is 17.5. The maximum absolute atomic E-state index is 13.6. The molecule has 0 saturated heterocycles. The van der Waals surface area contributed by atoms with Crippen molar-refractivity contribution in [1.29, 1.82) is 0 Å². The van der Waals surface area contributed by atoms with Crippen LogP contribution in [0.15, 0.2) is 35.5 Å².